The zero-order valence-electron chi connectivity index (χ0n) is 9.92. The molecule has 0 bridgehead atoms. The Morgan fingerprint density at radius 1 is 1.00 bits per heavy atom. The molecule has 0 nitrogen and oxygen atoms in total. The number of rotatable bonds is 1. The molecule has 1 aliphatic carbocycles. The van der Waals surface area contributed by atoms with Gasteiger partial charge in [0.2, 0.25) is 0 Å². The van der Waals surface area contributed by atoms with Crippen LogP contribution in [0, 0.1) is 0 Å². The van der Waals surface area contributed by atoms with Crippen LogP contribution < -0.4 is 0 Å². The first kappa shape index (κ1) is 9.89. The molecule has 0 spiro atoms. The highest BCUT2D eigenvalue weighted by molar-refractivity contribution is 5.87. The Labute approximate surface area is 97.3 Å². The van der Waals surface area contributed by atoms with Crippen LogP contribution in [0.3, 0.4) is 0 Å². The number of benzene rings is 2. The van der Waals surface area contributed by atoms with Crippen molar-refractivity contribution in [2.45, 2.75) is 39.0 Å². The number of aryl methyl sites for hydroxylation is 3. The molecule has 3 rings (SSSR count). The maximum Gasteiger partial charge on any atom is -0.0149 e. The quantitative estimate of drug-likeness (QED) is 0.659. The summed E-state index contributed by atoms with van der Waals surface area (Å²) in [6, 6.07) is 11.6. The molecule has 0 unspecified atom stereocenters. The van der Waals surface area contributed by atoms with Crippen LogP contribution in [0.4, 0.5) is 0 Å². The molecule has 82 valence electrons. The lowest BCUT2D eigenvalue weighted by Crippen LogP contribution is -2.02. The van der Waals surface area contributed by atoms with Crippen molar-refractivity contribution in [3.63, 3.8) is 0 Å². The van der Waals surface area contributed by atoms with E-state index in [0.29, 0.717) is 0 Å². The third-order valence-corrected chi connectivity index (χ3v) is 3.81. The van der Waals surface area contributed by atoms with Gasteiger partial charge in [-0.05, 0) is 59.6 Å². The summed E-state index contributed by atoms with van der Waals surface area (Å²) < 4.78 is 0. The molecule has 0 N–H and O–H groups in total. The molecule has 1 aliphatic rings. The number of hydrogen-bond acceptors (Lipinski definition) is 0. The maximum absolute atomic E-state index is 2.45. The summed E-state index contributed by atoms with van der Waals surface area (Å²) in [7, 11) is 0. The molecule has 0 radical (unpaired) electrons. The summed E-state index contributed by atoms with van der Waals surface area (Å²) in [4.78, 5) is 0. The van der Waals surface area contributed by atoms with Crippen molar-refractivity contribution >= 4 is 10.8 Å². The van der Waals surface area contributed by atoms with Gasteiger partial charge in [0.25, 0.3) is 0 Å². The summed E-state index contributed by atoms with van der Waals surface area (Å²) in [5.74, 6) is 0. The van der Waals surface area contributed by atoms with Gasteiger partial charge in [-0.2, -0.15) is 0 Å². The Morgan fingerprint density at radius 2 is 1.75 bits per heavy atom. The van der Waals surface area contributed by atoms with E-state index < -0.39 is 0 Å². The molecule has 0 amide bonds. The number of fused-ring (bicyclic) bond motifs is 2. The topological polar surface area (TPSA) is 0 Å². The minimum atomic E-state index is 1.14. The van der Waals surface area contributed by atoms with E-state index in [4.69, 9.17) is 0 Å². The summed E-state index contributed by atoms with van der Waals surface area (Å²) >= 11 is 0. The molecule has 0 heteroatoms. The van der Waals surface area contributed by atoms with Gasteiger partial charge in [0, 0.05) is 0 Å². The molecule has 0 saturated heterocycles. The van der Waals surface area contributed by atoms with Gasteiger partial charge in [0.05, 0.1) is 0 Å². The van der Waals surface area contributed by atoms with Crippen molar-refractivity contribution in [2.75, 3.05) is 0 Å². The Hall–Kier alpha value is -1.30. The second-order valence-corrected chi connectivity index (χ2v) is 4.82. The lowest BCUT2D eigenvalue weighted by molar-refractivity contribution is 0.687. The zero-order chi connectivity index (χ0) is 11.0. The van der Waals surface area contributed by atoms with E-state index in [0.717, 1.165) is 6.42 Å². The third-order valence-electron chi connectivity index (χ3n) is 3.81. The van der Waals surface area contributed by atoms with Crippen molar-refractivity contribution in [2.24, 2.45) is 0 Å². The van der Waals surface area contributed by atoms with E-state index in [1.807, 2.05) is 0 Å². The summed E-state index contributed by atoms with van der Waals surface area (Å²) in [6.45, 7) is 2.24. The second-order valence-electron chi connectivity index (χ2n) is 4.82. The van der Waals surface area contributed by atoms with Gasteiger partial charge in [-0.25, -0.2) is 0 Å². The van der Waals surface area contributed by atoms with Crippen molar-refractivity contribution in [1.82, 2.24) is 0 Å². The van der Waals surface area contributed by atoms with Gasteiger partial charge < -0.3 is 0 Å². The minimum Gasteiger partial charge on any atom is -0.0614 e. The van der Waals surface area contributed by atoms with Crippen LogP contribution in [0.2, 0.25) is 0 Å². The monoisotopic (exact) mass is 210 g/mol. The predicted molar refractivity (Wildman–Crippen MR) is 70.0 cm³/mol. The average Bonchev–Trinajstić information content (AvgIpc) is 2.35. The molecule has 0 fully saturated rings. The van der Waals surface area contributed by atoms with Crippen LogP contribution >= 0.6 is 0 Å². The van der Waals surface area contributed by atoms with Crippen molar-refractivity contribution < 1.29 is 0 Å². The van der Waals surface area contributed by atoms with Crippen LogP contribution in [0.5, 0.6) is 0 Å². The average molecular weight is 210 g/mol. The summed E-state index contributed by atoms with van der Waals surface area (Å²) in [5.41, 5.74) is 4.68. The molecule has 2 aromatic carbocycles. The van der Waals surface area contributed by atoms with Crippen LogP contribution in [-0.4, -0.2) is 0 Å². The molecule has 2 aromatic rings. The summed E-state index contributed by atoms with van der Waals surface area (Å²) in [5, 5.41) is 2.91. The molecular formula is C16H18. The van der Waals surface area contributed by atoms with Crippen LogP contribution in [0.15, 0.2) is 30.3 Å². The van der Waals surface area contributed by atoms with Crippen LogP contribution in [0.25, 0.3) is 10.8 Å². The van der Waals surface area contributed by atoms with E-state index in [9.17, 15) is 0 Å². The first-order valence-corrected chi connectivity index (χ1v) is 6.42. The first-order chi connectivity index (χ1) is 7.88. The van der Waals surface area contributed by atoms with Gasteiger partial charge >= 0.3 is 0 Å². The molecule has 0 saturated carbocycles. The zero-order valence-corrected chi connectivity index (χ0v) is 9.92. The molecule has 16 heavy (non-hydrogen) atoms. The van der Waals surface area contributed by atoms with Gasteiger partial charge in [-0.1, -0.05) is 37.3 Å². The highest BCUT2D eigenvalue weighted by Gasteiger charge is 2.10. The largest absolute Gasteiger partial charge is 0.0614 e. The highest BCUT2D eigenvalue weighted by Crippen LogP contribution is 2.28. The summed E-state index contributed by atoms with van der Waals surface area (Å²) in [6.07, 6.45) is 6.43. The van der Waals surface area contributed by atoms with E-state index in [1.165, 1.54) is 42.0 Å². The first-order valence-electron chi connectivity index (χ1n) is 6.42. The fraction of sp³-hybridized carbons (Fsp3) is 0.375. The molecule has 0 heterocycles. The fourth-order valence-corrected chi connectivity index (χ4v) is 2.89. The molecular weight excluding hydrogens is 192 g/mol. The SMILES string of the molecule is CCc1cccc2cc3c(cc12)CCCC3. The Kier molecular flexibility index (Phi) is 2.43. The third kappa shape index (κ3) is 1.53. The Morgan fingerprint density at radius 3 is 2.50 bits per heavy atom. The minimum absolute atomic E-state index is 1.14. The molecule has 0 atom stereocenters. The van der Waals surface area contributed by atoms with Crippen molar-refractivity contribution in [3.8, 4) is 0 Å². The van der Waals surface area contributed by atoms with Gasteiger partial charge in [0.1, 0.15) is 0 Å². The molecule has 0 aromatic heterocycles. The van der Waals surface area contributed by atoms with Crippen molar-refractivity contribution in [3.05, 3.63) is 47.0 Å². The van der Waals surface area contributed by atoms with Gasteiger partial charge in [-0.3, -0.25) is 0 Å². The van der Waals surface area contributed by atoms with Crippen LogP contribution in [-0.2, 0) is 19.3 Å². The van der Waals surface area contributed by atoms with Crippen molar-refractivity contribution in [1.29, 1.82) is 0 Å². The lowest BCUT2D eigenvalue weighted by Gasteiger charge is -2.17. The highest BCUT2D eigenvalue weighted by atomic mass is 14.2. The van der Waals surface area contributed by atoms with E-state index in [1.54, 1.807) is 11.1 Å². The predicted octanol–water partition coefficient (Wildman–Crippen LogP) is 4.28. The molecule has 0 aliphatic heterocycles. The Balaban J connectivity index is 2.27. The smallest absolute Gasteiger partial charge is 0.0149 e. The lowest BCUT2D eigenvalue weighted by atomic mass is 9.88. The standard InChI is InChI=1S/C16H18/c1-2-12-8-5-9-15-10-13-6-3-4-7-14(13)11-16(12)15/h5,8-11H,2-4,6-7H2,1H3. The maximum atomic E-state index is 2.45. The van der Waals surface area contributed by atoms with Gasteiger partial charge in [0.15, 0.2) is 0 Å². The Bertz CT molecular complexity index is 523. The van der Waals surface area contributed by atoms with Crippen LogP contribution in [0.1, 0.15) is 36.5 Å². The van der Waals surface area contributed by atoms with E-state index >= 15 is 0 Å². The fourth-order valence-electron chi connectivity index (χ4n) is 2.89. The number of hydrogen-bond donors (Lipinski definition) is 0. The van der Waals surface area contributed by atoms with E-state index in [-0.39, 0.29) is 0 Å². The van der Waals surface area contributed by atoms with E-state index in [2.05, 4.69) is 37.3 Å². The normalized spacial score (nSPS) is 15.1. The second kappa shape index (κ2) is 3.93. The van der Waals surface area contributed by atoms with Gasteiger partial charge in [-0.15, -0.1) is 0 Å².